The highest BCUT2D eigenvalue weighted by atomic mass is 79.9. The molecule has 1 aromatic heterocycles. The number of anilines is 1. The van der Waals surface area contributed by atoms with Crippen molar-refractivity contribution in [2.45, 2.75) is 6.92 Å². The minimum Gasteiger partial charge on any atom is -0.428 e. The van der Waals surface area contributed by atoms with E-state index in [9.17, 15) is 0 Å². The lowest BCUT2D eigenvalue weighted by molar-refractivity contribution is 0.480. The van der Waals surface area contributed by atoms with Crippen molar-refractivity contribution < 1.29 is 4.74 Å². The fourth-order valence-corrected chi connectivity index (χ4v) is 1.96. The molecule has 0 fully saturated rings. The van der Waals surface area contributed by atoms with Crippen LogP contribution in [-0.4, -0.2) is 9.36 Å². The van der Waals surface area contributed by atoms with E-state index in [0.29, 0.717) is 22.5 Å². The van der Waals surface area contributed by atoms with Crippen molar-refractivity contribution in [3.63, 3.8) is 0 Å². The number of halogens is 1. The molecule has 0 radical (unpaired) electrons. The lowest BCUT2D eigenvalue weighted by Gasteiger charge is -2.04. The van der Waals surface area contributed by atoms with Gasteiger partial charge in [-0.05, 0) is 25.1 Å². The lowest BCUT2D eigenvalue weighted by Crippen LogP contribution is -1.91. The largest absolute Gasteiger partial charge is 0.428 e. The van der Waals surface area contributed by atoms with Crippen LogP contribution >= 0.6 is 27.5 Å². The first-order chi connectivity index (χ1) is 7.15. The lowest BCUT2D eigenvalue weighted by atomic mass is 10.3. The fourth-order valence-electron chi connectivity index (χ4n) is 1.03. The van der Waals surface area contributed by atoms with Crippen LogP contribution in [0.2, 0.25) is 0 Å². The van der Waals surface area contributed by atoms with Crippen molar-refractivity contribution in [1.82, 2.24) is 9.36 Å². The van der Waals surface area contributed by atoms with Crippen LogP contribution in [0.4, 0.5) is 5.69 Å². The van der Waals surface area contributed by atoms with Gasteiger partial charge in [-0.25, -0.2) is 0 Å². The van der Waals surface area contributed by atoms with E-state index in [4.69, 9.17) is 10.5 Å². The van der Waals surface area contributed by atoms with Crippen LogP contribution < -0.4 is 10.5 Å². The molecule has 4 nitrogen and oxygen atoms in total. The Kier molecular flexibility index (Phi) is 2.88. The molecule has 2 rings (SSSR count). The van der Waals surface area contributed by atoms with Crippen molar-refractivity contribution in [3.05, 3.63) is 28.5 Å². The van der Waals surface area contributed by atoms with Crippen LogP contribution in [0.3, 0.4) is 0 Å². The molecule has 0 bridgehead atoms. The van der Waals surface area contributed by atoms with E-state index in [1.807, 2.05) is 13.0 Å². The maximum absolute atomic E-state index is 5.78. The van der Waals surface area contributed by atoms with Crippen molar-refractivity contribution in [1.29, 1.82) is 0 Å². The van der Waals surface area contributed by atoms with E-state index >= 15 is 0 Å². The fraction of sp³-hybridized carbons (Fsp3) is 0.111. The molecule has 0 saturated heterocycles. The summed E-state index contributed by atoms with van der Waals surface area (Å²) >= 11 is 4.53. The Morgan fingerprint density at radius 1 is 1.47 bits per heavy atom. The predicted octanol–water partition coefficient (Wildman–Crippen LogP) is 2.98. The average Bonchev–Trinajstić information content (AvgIpc) is 2.56. The standard InChI is InChI=1S/C9H8BrN3OS/c1-5-12-9(15-13-5)14-8-3-2-6(10)4-7(8)11/h2-4H,11H2,1H3. The zero-order valence-electron chi connectivity index (χ0n) is 7.90. The molecule has 0 atom stereocenters. The molecule has 0 saturated carbocycles. The Balaban J connectivity index is 2.24. The third kappa shape index (κ3) is 2.45. The van der Waals surface area contributed by atoms with Gasteiger partial charge in [0.1, 0.15) is 5.82 Å². The molecule has 1 aromatic carbocycles. The van der Waals surface area contributed by atoms with Crippen molar-refractivity contribution >= 4 is 33.1 Å². The second-order valence-electron chi connectivity index (χ2n) is 2.89. The normalized spacial score (nSPS) is 10.3. The molecule has 0 spiro atoms. The second kappa shape index (κ2) is 4.16. The highest BCUT2D eigenvalue weighted by Crippen LogP contribution is 2.30. The van der Waals surface area contributed by atoms with Crippen molar-refractivity contribution in [2.75, 3.05) is 5.73 Å². The van der Waals surface area contributed by atoms with E-state index in [0.717, 1.165) is 4.47 Å². The Labute approximate surface area is 99.4 Å². The summed E-state index contributed by atoms with van der Waals surface area (Å²) in [4.78, 5) is 4.09. The molecular formula is C9H8BrN3OS. The first-order valence-corrected chi connectivity index (χ1v) is 5.75. The topological polar surface area (TPSA) is 61.0 Å². The predicted molar refractivity (Wildman–Crippen MR) is 63.3 cm³/mol. The number of hydrogen-bond acceptors (Lipinski definition) is 5. The Morgan fingerprint density at radius 3 is 2.87 bits per heavy atom. The minimum atomic E-state index is 0.501. The van der Waals surface area contributed by atoms with E-state index in [2.05, 4.69) is 25.3 Å². The summed E-state index contributed by atoms with van der Waals surface area (Å²) in [5.74, 6) is 1.29. The summed E-state index contributed by atoms with van der Waals surface area (Å²) in [7, 11) is 0. The van der Waals surface area contributed by atoms with Gasteiger partial charge < -0.3 is 10.5 Å². The summed E-state index contributed by atoms with van der Waals surface area (Å²) in [5, 5.41) is 0.501. The van der Waals surface area contributed by atoms with E-state index < -0.39 is 0 Å². The van der Waals surface area contributed by atoms with E-state index in [-0.39, 0.29) is 0 Å². The van der Waals surface area contributed by atoms with Crippen molar-refractivity contribution in [3.8, 4) is 10.9 Å². The molecule has 2 N–H and O–H groups in total. The van der Waals surface area contributed by atoms with Crippen LogP contribution in [0.5, 0.6) is 10.9 Å². The monoisotopic (exact) mass is 285 g/mol. The first-order valence-electron chi connectivity index (χ1n) is 4.18. The van der Waals surface area contributed by atoms with E-state index in [1.165, 1.54) is 11.5 Å². The van der Waals surface area contributed by atoms with Gasteiger partial charge in [-0.2, -0.15) is 9.36 Å². The van der Waals surface area contributed by atoms with Gasteiger partial charge in [0.15, 0.2) is 5.75 Å². The molecule has 1 heterocycles. The molecule has 15 heavy (non-hydrogen) atoms. The maximum Gasteiger partial charge on any atom is 0.298 e. The number of nitrogen functional groups attached to an aromatic ring is 1. The summed E-state index contributed by atoms with van der Waals surface area (Å²) in [6.45, 7) is 1.81. The number of aryl methyl sites for hydroxylation is 1. The zero-order valence-corrected chi connectivity index (χ0v) is 10.3. The summed E-state index contributed by atoms with van der Waals surface area (Å²) in [5.41, 5.74) is 6.34. The smallest absolute Gasteiger partial charge is 0.298 e. The van der Waals surface area contributed by atoms with Gasteiger partial charge in [0, 0.05) is 16.0 Å². The zero-order chi connectivity index (χ0) is 10.8. The van der Waals surface area contributed by atoms with Gasteiger partial charge in [0.05, 0.1) is 5.69 Å². The third-order valence-corrected chi connectivity index (χ3v) is 2.86. The SMILES string of the molecule is Cc1nsc(Oc2ccc(Br)cc2N)n1. The third-order valence-electron chi connectivity index (χ3n) is 1.68. The number of nitrogens with two attached hydrogens (primary N) is 1. The highest BCUT2D eigenvalue weighted by Gasteiger charge is 2.06. The number of benzene rings is 1. The van der Waals surface area contributed by atoms with Gasteiger partial charge in [-0.1, -0.05) is 15.9 Å². The Hall–Kier alpha value is -1.14. The number of hydrogen-bond donors (Lipinski definition) is 1. The maximum atomic E-state index is 5.78. The van der Waals surface area contributed by atoms with Crippen LogP contribution in [0, 0.1) is 6.92 Å². The highest BCUT2D eigenvalue weighted by molar-refractivity contribution is 9.10. The van der Waals surface area contributed by atoms with Crippen LogP contribution in [0.15, 0.2) is 22.7 Å². The summed E-state index contributed by atoms with van der Waals surface area (Å²) in [6, 6.07) is 5.43. The first kappa shape index (κ1) is 10.4. The number of ether oxygens (including phenoxy) is 1. The number of aromatic nitrogens is 2. The van der Waals surface area contributed by atoms with Crippen LogP contribution in [0.25, 0.3) is 0 Å². The molecule has 78 valence electrons. The molecule has 0 aliphatic heterocycles. The molecule has 2 aromatic rings. The summed E-state index contributed by atoms with van der Waals surface area (Å²) < 4.78 is 10.4. The Bertz CT molecular complexity index is 486. The molecule has 0 aliphatic rings. The number of nitrogens with zero attached hydrogens (tertiary/aromatic N) is 2. The van der Waals surface area contributed by atoms with Gasteiger partial charge >= 0.3 is 0 Å². The quantitative estimate of drug-likeness (QED) is 0.862. The van der Waals surface area contributed by atoms with E-state index in [1.54, 1.807) is 12.1 Å². The minimum absolute atomic E-state index is 0.501. The molecule has 0 unspecified atom stereocenters. The summed E-state index contributed by atoms with van der Waals surface area (Å²) in [6.07, 6.45) is 0. The van der Waals surface area contributed by atoms with Gasteiger partial charge in [-0.3, -0.25) is 0 Å². The molecule has 6 heteroatoms. The Morgan fingerprint density at radius 2 is 2.27 bits per heavy atom. The van der Waals surface area contributed by atoms with Gasteiger partial charge in [-0.15, -0.1) is 0 Å². The van der Waals surface area contributed by atoms with Crippen molar-refractivity contribution in [2.24, 2.45) is 0 Å². The molecular weight excluding hydrogens is 278 g/mol. The van der Waals surface area contributed by atoms with Gasteiger partial charge in [0.2, 0.25) is 0 Å². The average molecular weight is 286 g/mol. The second-order valence-corrected chi connectivity index (χ2v) is 4.52. The molecule has 0 aliphatic carbocycles. The van der Waals surface area contributed by atoms with Crippen LogP contribution in [0.1, 0.15) is 5.82 Å². The molecule has 0 amide bonds. The van der Waals surface area contributed by atoms with Gasteiger partial charge in [0.25, 0.3) is 5.19 Å². The number of rotatable bonds is 2. The van der Waals surface area contributed by atoms with Crippen LogP contribution in [-0.2, 0) is 0 Å².